The van der Waals surface area contributed by atoms with Crippen molar-refractivity contribution in [3.05, 3.63) is 29.3 Å². The lowest BCUT2D eigenvalue weighted by Gasteiger charge is -2.13. The van der Waals surface area contributed by atoms with E-state index in [4.69, 9.17) is 10.5 Å². The lowest BCUT2D eigenvalue weighted by atomic mass is 10.1. The summed E-state index contributed by atoms with van der Waals surface area (Å²) in [5.41, 5.74) is 8.06. The van der Waals surface area contributed by atoms with Crippen LogP contribution in [0.1, 0.15) is 25.0 Å². The minimum Gasteiger partial charge on any atom is -0.493 e. The smallest absolute Gasteiger partial charge is 0.122 e. The molecule has 2 nitrogen and oxygen atoms in total. The van der Waals surface area contributed by atoms with Crippen molar-refractivity contribution in [2.45, 2.75) is 27.2 Å². The van der Waals surface area contributed by atoms with E-state index >= 15 is 0 Å². The molecule has 0 saturated heterocycles. The van der Waals surface area contributed by atoms with Crippen LogP contribution in [0, 0.1) is 12.8 Å². The fourth-order valence-corrected chi connectivity index (χ4v) is 1.46. The fraction of sp³-hybridized carbons (Fsp3) is 0.538. The zero-order valence-corrected chi connectivity index (χ0v) is 9.92. The Morgan fingerprint density at radius 1 is 1.33 bits per heavy atom. The van der Waals surface area contributed by atoms with Gasteiger partial charge in [-0.05, 0) is 37.4 Å². The highest BCUT2D eigenvalue weighted by Gasteiger charge is 2.04. The van der Waals surface area contributed by atoms with E-state index in [2.05, 4.69) is 32.9 Å². The van der Waals surface area contributed by atoms with Gasteiger partial charge in [0, 0.05) is 0 Å². The molecule has 0 spiro atoms. The summed E-state index contributed by atoms with van der Waals surface area (Å²) in [6.45, 7) is 7.82. The summed E-state index contributed by atoms with van der Waals surface area (Å²) in [6.07, 6.45) is 0.884. The third kappa shape index (κ3) is 3.92. The van der Waals surface area contributed by atoms with Crippen LogP contribution < -0.4 is 10.5 Å². The second kappa shape index (κ2) is 5.76. The van der Waals surface area contributed by atoms with Gasteiger partial charge in [-0.3, -0.25) is 0 Å². The Labute approximate surface area is 92.4 Å². The SMILES string of the molecule is Cc1ccc(OCC(C)C)c(CCN)c1. The Balaban J connectivity index is 2.76. The highest BCUT2D eigenvalue weighted by molar-refractivity contribution is 5.37. The number of rotatable bonds is 5. The number of aryl methyl sites for hydroxylation is 1. The number of nitrogens with two attached hydrogens (primary N) is 1. The Kier molecular flexibility index (Phi) is 4.63. The van der Waals surface area contributed by atoms with Crippen molar-refractivity contribution in [2.75, 3.05) is 13.2 Å². The second-order valence-electron chi connectivity index (χ2n) is 4.35. The first kappa shape index (κ1) is 12.1. The summed E-state index contributed by atoms with van der Waals surface area (Å²) in [5.74, 6) is 1.54. The van der Waals surface area contributed by atoms with Crippen LogP contribution in [0.2, 0.25) is 0 Å². The Morgan fingerprint density at radius 3 is 2.67 bits per heavy atom. The third-order valence-corrected chi connectivity index (χ3v) is 2.20. The molecule has 0 heterocycles. The molecule has 0 saturated carbocycles. The molecule has 0 unspecified atom stereocenters. The van der Waals surface area contributed by atoms with Gasteiger partial charge in [-0.2, -0.15) is 0 Å². The van der Waals surface area contributed by atoms with E-state index in [1.54, 1.807) is 0 Å². The molecule has 0 radical (unpaired) electrons. The normalized spacial score (nSPS) is 10.7. The van der Waals surface area contributed by atoms with E-state index in [-0.39, 0.29) is 0 Å². The van der Waals surface area contributed by atoms with Crippen LogP contribution in [0.4, 0.5) is 0 Å². The van der Waals surface area contributed by atoms with Crippen molar-refractivity contribution < 1.29 is 4.74 Å². The zero-order valence-electron chi connectivity index (χ0n) is 9.92. The quantitative estimate of drug-likeness (QED) is 0.805. The highest BCUT2D eigenvalue weighted by atomic mass is 16.5. The van der Waals surface area contributed by atoms with Gasteiger partial charge < -0.3 is 10.5 Å². The molecule has 15 heavy (non-hydrogen) atoms. The lowest BCUT2D eigenvalue weighted by Crippen LogP contribution is -2.09. The number of hydrogen-bond acceptors (Lipinski definition) is 2. The first-order chi connectivity index (χ1) is 7.13. The van der Waals surface area contributed by atoms with Gasteiger partial charge in [0.1, 0.15) is 5.75 Å². The van der Waals surface area contributed by atoms with Gasteiger partial charge in [0.15, 0.2) is 0 Å². The second-order valence-corrected chi connectivity index (χ2v) is 4.35. The van der Waals surface area contributed by atoms with E-state index in [0.29, 0.717) is 12.5 Å². The van der Waals surface area contributed by atoms with Crippen molar-refractivity contribution in [3.63, 3.8) is 0 Å². The topological polar surface area (TPSA) is 35.2 Å². The molecule has 84 valence electrons. The van der Waals surface area contributed by atoms with E-state index in [0.717, 1.165) is 18.8 Å². The standard InChI is InChI=1S/C13H21NO/c1-10(2)9-15-13-5-4-11(3)8-12(13)6-7-14/h4-5,8,10H,6-7,9,14H2,1-3H3. The maximum atomic E-state index is 5.75. The molecular weight excluding hydrogens is 186 g/mol. The van der Waals surface area contributed by atoms with E-state index in [9.17, 15) is 0 Å². The number of ether oxygens (including phenoxy) is 1. The van der Waals surface area contributed by atoms with Crippen LogP contribution in [-0.2, 0) is 6.42 Å². The Hall–Kier alpha value is -1.02. The van der Waals surface area contributed by atoms with Gasteiger partial charge in [0.05, 0.1) is 6.61 Å². The highest BCUT2D eigenvalue weighted by Crippen LogP contribution is 2.20. The molecule has 2 N–H and O–H groups in total. The van der Waals surface area contributed by atoms with Crippen molar-refractivity contribution >= 4 is 0 Å². The molecule has 0 bridgehead atoms. The molecule has 1 aromatic carbocycles. The van der Waals surface area contributed by atoms with Gasteiger partial charge in [0.25, 0.3) is 0 Å². The van der Waals surface area contributed by atoms with Crippen LogP contribution in [-0.4, -0.2) is 13.2 Å². The number of benzene rings is 1. The molecule has 0 aliphatic carbocycles. The van der Waals surface area contributed by atoms with Crippen LogP contribution in [0.5, 0.6) is 5.75 Å². The molecule has 0 aliphatic rings. The maximum absolute atomic E-state index is 5.75. The van der Waals surface area contributed by atoms with Crippen molar-refractivity contribution in [1.29, 1.82) is 0 Å². The zero-order chi connectivity index (χ0) is 11.3. The summed E-state index contributed by atoms with van der Waals surface area (Å²) < 4.78 is 5.75. The first-order valence-electron chi connectivity index (χ1n) is 5.56. The van der Waals surface area contributed by atoms with E-state index < -0.39 is 0 Å². The molecule has 0 atom stereocenters. The molecule has 1 rings (SSSR count). The molecule has 0 amide bonds. The molecule has 0 fully saturated rings. The average Bonchev–Trinajstić information content (AvgIpc) is 2.17. The minimum atomic E-state index is 0.553. The molecule has 2 heteroatoms. The Morgan fingerprint density at radius 2 is 2.07 bits per heavy atom. The van der Waals surface area contributed by atoms with Gasteiger partial charge in [-0.1, -0.05) is 31.5 Å². The lowest BCUT2D eigenvalue weighted by molar-refractivity contribution is 0.268. The molecule has 0 aromatic heterocycles. The summed E-state index contributed by atoms with van der Waals surface area (Å²) in [7, 11) is 0. The van der Waals surface area contributed by atoms with Crippen molar-refractivity contribution in [1.82, 2.24) is 0 Å². The van der Waals surface area contributed by atoms with Crippen LogP contribution in [0.15, 0.2) is 18.2 Å². The predicted octanol–water partition coefficient (Wildman–Crippen LogP) is 2.53. The summed E-state index contributed by atoms with van der Waals surface area (Å²) in [5, 5.41) is 0. The first-order valence-corrected chi connectivity index (χ1v) is 5.56. The van der Waals surface area contributed by atoms with Gasteiger partial charge in [-0.15, -0.1) is 0 Å². The Bertz CT molecular complexity index is 307. The van der Waals surface area contributed by atoms with Gasteiger partial charge in [-0.25, -0.2) is 0 Å². The molecule has 1 aromatic rings. The summed E-state index contributed by atoms with van der Waals surface area (Å²) in [6, 6.07) is 6.28. The fourth-order valence-electron chi connectivity index (χ4n) is 1.46. The van der Waals surface area contributed by atoms with Crippen molar-refractivity contribution in [3.8, 4) is 5.75 Å². The monoisotopic (exact) mass is 207 g/mol. The molecule has 0 aliphatic heterocycles. The van der Waals surface area contributed by atoms with Gasteiger partial charge in [0.2, 0.25) is 0 Å². The van der Waals surface area contributed by atoms with Crippen LogP contribution >= 0.6 is 0 Å². The van der Waals surface area contributed by atoms with E-state index in [1.165, 1.54) is 11.1 Å². The summed E-state index contributed by atoms with van der Waals surface area (Å²) in [4.78, 5) is 0. The van der Waals surface area contributed by atoms with E-state index in [1.807, 2.05) is 6.07 Å². The van der Waals surface area contributed by atoms with Crippen LogP contribution in [0.25, 0.3) is 0 Å². The maximum Gasteiger partial charge on any atom is 0.122 e. The predicted molar refractivity (Wildman–Crippen MR) is 64.3 cm³/mol. The van der Waals surface area contributed by atoms with Crippen molar-refractivity contribution in [2.24, 2.45) is 11.7 Å². The average molecular weight is 207 g/mol. The third-order valence-electron chi connectivity index (χ3n) is 2.20. The summed E-state index contributed by atoms with van der Waals surface area (Å²) >= 11 is 0. The largest absolute Gasteiger partial charge is 0.493 e. The minimum absolute atomic E-state index is 0.553. The number of hydrogen-bond donors (Lipinski definition) is 1. The molecular formula is C13H21NO. The van der Waals surface area contributed by atoms with Crippen LogP contribution in [0.3, 0.4) is 0 Å². The van der Waals surface area contributed by atoms with Gasteiger partial charge >= 0.3 is 0 Å².